The number of ether oxygens (including phenoxy) is 1. The molecule has 5 unspecified atom stereocenters. The predicted molar refractivity (Wildman–Crippen MR) is 116 cm³/mol. The molecule has 0 radical (unpaired) electrons. The molecule has 5 aliphatic rings. The van der Waals surface area contributed by atoms with Crippen molar-refractivity contribution in [2.24, 2.45) is 11.8 Å². The lowest BCUT2D eigenvalue weighted by molar-refractivity contribution is -0.152. The molecule has 0 spiro atoms. The Labute approximate surface area is 189 Å². The minimum Gasteiger partial charge on any atom is -0.380 e. The number of amides is 2. The molecule has 0 aromatic rings. The Kier molecular flexibility index (Phi) is 5.99. The van der Waals surface area contributed by atoms with Crippen LogP contribution in [0.3, 0.4) is 0 Å². The van der Waals surface area contributed by atoms with Gasteiger partial charge in [0.2, 0.25) is 5.91 Å². The van der Waals surface area contributed by atoms with Crippen LogP contribution in [0.25, 0.3) is 0 Å². The Morgan fingerprint density at radius 3 is 2.52 bits per heavy atom. The number of carbonyl (C=O) groups excluding carboxylic acids is 2. The molecule has 174 valence electrons. The topological polar surface area (TPSA) is 82.1 Å². The molecule has 2 heterocycles. The van der Waals surface area contributed by atoms with E-state index in [0.717, 1.165) is 44.9 Å². The first-order chi connectivity index (χ1) is 14.8. The summed E-state index contributed by atoms with van der Waals surface area (Å²) in [6, 6.07) is 0.393. The highest BCUT2D eigenvalue weighted by atomic mass is 35.5. The Balaban J connectivity index is 1.10. The van der Waals surface area contributed by atoms with Gasteiger partial charge in [0.25, 0.3) is 5.91 Å². The first kappa shape index (κ1) is 21.9. The summed E-state index contributed by atoms with van der Waals surface area (Å²) in [7, 11) is 0. The van der Waals surface area contributed by atoms with Gasteiger partial charge in [0.15, 0.2) is 0 Å². The summed E-state index contributed by atoms with van der Waals surface area (Å²) in [5.74, 6) is 0.629. The van der Waals surface area contributed by atoms with Crippen molar-refractivity contribution in [2.75, 3.05) is 19.6 Å². The number of alkyl halides is 1. The maximum atomic E-state index is 13.2. The van der Waals surface area contributed by atoms with Gasteiger partial charge in [0.1, 0.15) is 11.8 Å². The number of nitrogens with one attached hydrogen (secondary N) is 1. The van der Waals surface area contributed by atoms with Gasteiger partial charge in [-0.15, -0.1) is 11.6 Å². The van der Waals surface area contributed by atoms with E-state index in [0.29, 0.717) is 44.4 Å². The van der Waals surface area contributed by atoms with E-state index in [2.05, 4.69) is 5.32 Å². The van der Waals surface area contributed by atoms with Crippen LogP contribution in [-0.4, -0.2) is 81.7 Å². The van der Waals surface area contributed by atoms with E-state index in [-0.39, 0.29) is 41.5 Å². The van der Waals surface area contributed by atoms with E-state index < -0.39 is 5.60 Å². The van der Waals surface area contributed by atoms with Gasteiger partial charge in [-0.3, -0.25) is 14.9 Å². The molecular weight excluding hydrogens is 418 g/mol. The van der Waals surface area contributed by atoms with Crippen molar-refractivity contribution in [3.63, 3.8) is 0 Å². The van der Waals surface area contributed by atoms with Crippen LogP contribution in [0, 0.1) is 11.8 Å². The molecule has 31 heavy (non-hydrogen) atoms. The van der Waals surface area contributed by atoms with E-state index in [4.69, 9.17) is 16.3 Å². The predicted octanol–water partition coefficient (Wildman–Crippen LogP) is 1.85. The number of hydrogen-bond donors (Lipinski definition) is 2. The molecule has 5 atom stereocenters. The average molecular weight is 454 g/mol. The fourth-order valence-electron chi connectivity index (χ4n) is 6.09. The van der Waals surface area contributed by atoms with Crippen molar-refractivity contribution >= 4 is 23.4 Å². The SMILES string of the molecule is CC1CN(C(=O)C2CCC(C3NC4CCC(Cl)CC4O3)CC2)CCN1C(=O)C1(O)CC1. The summed E-state index contributed by atoms with van der Waals surface area (Å²) in [6.07, 6.45) is 8.41. The first-order valence-corrected chi connectivity index (χ1v) is 12.7. The number of fused-ring (bicyclic) bond motifs is 1. The highest BCUT2D eigenvalue weighted by Crippen LogP contribution is 2.39. The molecule has 2 amide bonds. The third-order valence-corrected chi connectivity index (χ3v) is 8.69. The summed E-state index contributed by atoms with van der Waals surface area (Å²) in [5, 5.41) is 14.1. The highest BCUT2D eigenvalue weighted by Gasteiger charge is 2.51. The lowest BCUT2D eigenvalue weighted by Gasteiger charge is -2.42. The normalized spacial score (nSPS) is 42.2. The van der Waals surface area contributed by atoms with Crippen molar-refractivity contribution < 1.29 is 19.4 Å². The molecule has 0 bridgehead atoms. The van der Waals surface area contributed by atoms with Crippen molar-refractivity contribution in [3.05, 3.63) is 0 Å². The van der Waals surface area contributed by atoms with Crippen LogP contribution in [0.4, 0.5) is 0 Å². The van der Waals surface area contributed by atoms with Gasteiger partial charge in [-0.1, -0.05) is 0 Å². The molecule has 2 N–H and O–H groups in total. The van der Waals surface area contributed by atoms with Crippen LogP contribution in [0.15, 0.2) is 0 Å². The molecule has 7 nitrogen and oxygen atoms in total. The Morgan fingerprint density at radius 1 is 1.10 bits per heavy atom. The molecular formula is C23H36ClN3O4. The smallest absolute Gasteiger partial charge is 0.254 e. The second kappa shape index (κ2) is 8.47. The second-order valence-electron chi connectivity index (χ2n) is 10.6. The van der Waals surface area contributed by atoms with Crippen LogP contribution < -0.4 is 5.32 Å². The van der Waals surface area contributed by atoms with E-state index in [1.54, 1.807) is 4.90 Å². The zero-order chi connectivity index (χ0) is 21.8. The molecule has 3 saturated carbocycles. The van der Waals surface area contributed by atoms with Gasteiger partial charge < -0.3 is 19.6 Å². The van der Waals surface area contributed by atoms with Crippen molar-refractivity contribution in [1.82, 2.24) is 15.1 Å². The molecule has 5 rings (SSSR count). The average Bonchev–Trinajstić information content (AvgIpc) is 3.38. The second-order valence-corrected chi connectivity index (χ2v) is 11.2. The maximum absolute atomic E-state index is 13.2. The van der Waals surface area contributed by atoms with Crippen molar-refractivity contribution in [3.8, 4) is 0 Å². The molecule has 5 fully saturated rings. The van der Waals surface area contributed by atoms with E-state index in [1.165, 1.54) is 0 Å². The number of nitrogens with zero attached hydrogens (tertiary/aromatic N) is 2. The number of rotatable bonds is 3. The monoisotopic (exact) mass is 453 g/mol. The van der Waals surface area contributed by atoms with Gasteiger partial charge >= 0.3 is 0 Å². The lowest BCUT2D eigenvalue weighted by Crippen LogP contribution is -2.58. The van der Waals surface area contributed by atoms with E-state index >= 15 is 0 Å². The van der Waals surface area contributed by atoms with E-state index in [9.17, 15) is 14.7 Å². The summed E-state index contributed by atoms with van der Waals surface area (Å²) in [5.41, 5.74) is -1.13. The fraction of sp³-hybridized carbons (Fsp3) is 0.913. The Bertz CT molecular complexity index is 709. The maximum Gasteiger partial charge on any atom is 0.254 e. The Hall–Kier alpha value is -0.890. The third kappa shape index (κ3) is 4.35. The third-order valence-electron chi connectivity index (χ3n) is 8.30. The minimum absolute atomic E-state index is 0.0450. The largest absolute Gasteiger partial charge is 0.380 e. The highest BCUT2D eigenvalue weighted by molar-refractivity contribution is 6.20. The van der Waals surface area contributed by atoms with Crippen LogP contribution in [0.1, 0.15) is 64.7 Å². The summed E-state index contributed by atoms with van der Waals surface area (Å²) < 4.78 is 6.32. The van der Waals surface area contributed by atoms with Crippen molar-refractivity contribution in [1.29, 1.82) is 0 Å². The zero-order valence-electron chi connectivity index (χ0n) is 18.5. The molecule has 0 aromatic heterocycles. The van der Waals surface area contributed by atoms with Crippen LogP contribution >= 0.6 is 11.6 Å². The standard InChI is InChI=1S/C23H36ClN3O4/c1-14-13-26(10-11-27(14)22(29)23(30)8-9-23)21(28)16-4-2-15(3-5-16)20-25-18-7-6-17(24)12-19(18)31-20/h14-20,25,30H,2-13H2,1H3. The summed E-state index contributed by atoms with van der Waals surface area (Å²) in [4.78, 5) is 29.4. The summed E-state index contributed by atoms with van der Waals surface area (Å²) >= 11 is 6.32. The van der Waals surface area contributed by atoms with Gasteiger partial charge in [0, 0.05) is 43.0 Å². The number of carbonyl (C=O) groups is 2. The van der Waals surface area contributed by atoms with Gasteiger partial charge in [-0.05, 0) is 70.6 Å². The Morgan fingerprint density at radius 2 is 1.84 bits per heavy atom. The number of aliphatic hydroxyl groups is 1. The molecule has 8 heteroatoms. The van der Waals surface area contributed by atoms with Crippen molar-refractivity contribution in [2.45, 2.75) is 100 Å². The van der Waals surface area contributed by atoms with Gasteiger partial charge in [0.05, 0.1) is 6.10 Å². The van der Waals surface area contributed by atoms with Gasteiger partial charge in [-0.2, -0.15) is 0 Å². The zero-order valence-corrected chi connectivity index (χ0v) is 19.2. The molecule has 0 aromatic carbocycles. The quantitative estimate of drug-likeness (QED) is 0.637. The van der Waals surface area contributed by atoms with E-state index in [1.807, 2.05) is 11.8 Å². The van der Waals surface area contributed by atoms with Crippen LogP contribution in [0.2, 0.25) is 0 Å². The molecule has 2 saturated heterocycles. The summed E-state index contributed by atoms with van der Waals surface area (Å²) in [6.45, 7) is 3.64. The van der Waals surface area contributed by atoms with Crippen LogP contribution in [0.5, 0.6) is 0 Å². The van der Waals surface area contributed by atoms with Crippen LogP contribution in [-0.2, 0) is 14.3 Å². The number of piperazine rings is 1. The molecule has 2 aliphatic heterocycles. The molecule has 3 aliphatic carbocycles. The van der Waals surface area contributed by atoms with Gasteiger partial charge in [-0.25, -0.2) is 0 Å². The number of hydrogen-bond acceptors (Lipinski definition) is 5. The lowest BCUT2D eigenvalue weighted by atomic mass is 9.80. The first-order valence-electron chi connectivity index (χ1n) is 12.2. The number of halogens is 1. The minimum atomic E-state index is -1.13. The fourth-order valence-corrected chi connectivity index (χ4v) is 6.40.